The van der Waals surface area contributed by atoms with E-state index in [1.54, 1.807) is 0 Å². The maximum atomic E-state index is 2.34. The molecule has 0 nitrogen and oxygen atoms in total. The van der Waals surface area contributed by atoms with Crippen molar-refractivity contribution < 1.29 is 0 Å². The van der Waals surface area contributed by atoms with Gasteiger partial charge in [0, 0.05) is 6.42 Å². The van der Waals surface area contributed by atoms with Gasteiger partial charge in [-0.3, -0.25) is 0 Å². The summed E-state index contributed by atoms with van der Waals surface area (Å²) in [5.74, 6) is 0. The smallest absolute Gasteiger partial charge is 0.0171 e. The van der Waals surface area contributed by atoms with Crippen molar-refractivity contribution in [1.82, 2.24) is 0 Å². The van der Waals surface area contributed by atoms with Gasteiger partial charge in [-0.2, -0.15) is 0 Å². The van der Waals surface area contributed by atoms with E-state index in [-0.39, 0.29) is 0 Å². The summed E-state index contributed by atoms with van der Waals surface area (Å²) in [7, 11) is 0. The molecule has 2 aliphatic carbocycles. The second kappa shape index (κ2) is 2.85. The Bertz CT molecular complexity index is 473. The quantitative estimate of drug-likeness (QED) is 0.587. The van der Waals surface area contributed by atoms with Crippen LogP contribution in [-0.2, 0) is 0 Å². The highest BCUT2D eigenvalue weighted by molar-refractivity contribution is 5.87. The first-order valence-corrected chi connectivity index (χ1v) is 5.52. The maximum Gasteiger partial charge on any atom is 0.0171 e. The highest BCUT2D eigenvalue weighted by Gasteiger charge is 2.28. The molecule has 0 amide bonds. The van der Waals surface area contributed by atoms with Gasteiger partial charge in [0.1, 0.15) is 0 Å². The Morgan fingerprint density at radius 3 is 2.80 bits per heavy atom. The predicted molar refractivity (Wildman–Crippen MR) is 64.3 cm³/mol. The van der Waals surface area contributed by atoms with Gasteiger partial charge in [-0.05, 0) is 28.5 Å². The monoisotopic (exact) mass is 195 g/mol. The van der Waals surface area contributed by atoms with E-state index in [9.17, 15) is 0 Å². The maximum absolute atomic E-state index is 2.34. The van der Waals surface area contributed by atoms with Crippen LogP contribution in [0, 0.1) is 11.8 Å². The highest BCUT2D eigenvalue weighted by atomic mass is 14.3. The fourth-order valence-corrected chi connectivity index (χ4v) is 2.51. The van der Waals surface area contributed by atoms with Crippen LogP contribution in [0.4, 0.5) is 0 Å². The minimum Gasteiger partial charge on any atom is -0.0779 e. The molecular weight excluding hydrogens is 180 g/mol. The zero-order chi connectivity index (χ0) is 10.5. The third-order valence-electron chi connectivity index (χ3n) is 3.27. The standard InChI is InChI=1S/C15H15/c1-15(2)8-7-14-12(10-15)9-11-5-3-4-6-13(11)14/h3-9H,10H2,1-2H3. The topological polar surface area (TPSA) is 0 Å². The molecule has 0 N–H and O–H groups in total. The van der Waals surface area contributed by atoms with Gasteiger partial charge in [-0.15, -0.1) is 0 Å². The van der Waals surface area contributed by atoms with E-state index in [4.69, 9.17) is 0 Å². The molecule has 0 saturated carbocycles. The molecule has 0 unspecified atom stereocenters. The minimum absolute atomic E-state index is 0.317. The number of hydrogen-bond donors (Lipinski definition) is 0. The molecule has 1 aromatic rings. The first-order valence-electron chi connectivity index (χ1n) is 5.52. The van der Waals surface area contributed by atoms with E-state index in [1.807, 2.05) is 0 Å². The third-order valence-corrected chi connectivity index (χ3v) is 3.27. The Balaban J connectivity index is 2.08. The Kier molecular flexibility index (Phi) is 1.70. The van der Waals surface area contributed by atoms with Crippen LogP contribution < -0.4 is 0 Å². The second-order valence-corrected chi connectivity index (χ2v) is 5.17. The summed E-state index contributed by atoms with van der Waals surface area (Å²) < 4.78 is 0. The van der Waals surface area contributed by atoms with E-state index >= 15 is 0 Å². The van der Waals surface area contributed by atoms with Crippen molar-refractivity contribution in [3.63, 3.8) is 0 Å². The summed E-state index contributed by atoms with van der Waals surface area (Å²) >= 11 is 0. The number of benzene rings is 1. The highest BCUT2D eigenvalue weighted by Crippen LogP contribution is 2.44. The van der Waals surface area contributed by atoms with Crippen molar-refractivity contribution >= 4 is 5.57 Å². The molecule has 15 heavy (non-hydrogen) atoms. The SMILES string of the molecule is CC1(C)C=CC2=C([CH]c3ccccc32)C1. The Hall–Kier alpha value is -1.30. The third kappa shape index (κ3) is 1.36. The first-order chi connectivity index (χ1) is 7.16. The molecule has 0 aromatic heterocycles. The summed E-state index contributed by atoms with van der Waals surface area (Å²) in [5.41, 5.74) is 6.04. The van der Waals surface area contributed by atoms with Gasteiger partial charge in [0.05, 0.1) is 0 Å². The molecule has 0 atom stereocenters. The van der Waals surface area contributed by atoms with Crippen molar-refractivity contribution in [1.29, 1.82) is 0 Å². The largest absolute Gasteiger partial charge is 0.0779 e. The summed E-state index contributed by atoms with van der Waals surface area (Å²) in [4.78, 5) is 0. The molecule has 1 aromatic carbocycles. The van der Waals surface area contributed by atoms with Crippen molar-refractivity contribution in [2.75, 3.05) is 0 Å². The lowest BCUT2D eigenvalue weighted by Crippen LogP contribution is -2.11. The molecule has 0 heteroatoms. The van der Waals surface area contributed by atoms with Crippen LogP contribution in [0.15, 0.2) is 42.0 Å². The summed E-state index contributed by atoms with van der Waals surface area (Å²) in [6.07, 6.45) is 8.13. The molecule has 0 heterocycles. The van der Waals surface area contributed by atoms with E-state index < -0.39 is 0 Å². The molecule has 0 saturated heterocycles. The zero-order valence-electron chi connectivity index (χ0n) is 9.25. The lowest BCUT2D eigenvalue weighted by atomic mass is 9.80. The molecule has 0 bridgehead atoms. The minimum atomic E-state index is 0.317. The van der Waals surface area contributed by atoms with Gasteiger partial charge in [-0.1, -0.05) is 55.8 Å². The number of rotatable bonds is 0. The van der Waals surface area contributed by atoms with Crippen LogP contribution in [0.25, 0.3) is 5.57 Å². The van der Waals surface area contributed by atoms with Gasteiger partial charge in [-0.25, -0.2) is 0 Å². The fraction of sp³-hybridized carbons (Fsp3) is 0.267. The van der Waals surface area contributed by atoms with Crippen LogP contribution in [0.3, 0.4) is 0 Å². The van der Waals surface area contributed by atoms with Crippen LogP contribution in [-0.4, -0.2) is 0 Å². The molecule has 3 rings (SSSR count). The van der Waals surface area contributed by atoms with Crippen molar-refractivity contribution in [2.45, 2.75) is 20.3 Å². The normalized spacial score (nSPS) is 21.5. The van der Waals surface area contributed by atoms with Crippen LogP contribution in [0.2, 0.25) is 0 Å². The van der Waals surface area contributed by atoms with Crippen LogP contribution >= 0.6 is 0 Å². The second-order valence-electron chi connectivity index (χ2n) is 5.17. The fourth-order valence-electron chi connectivity index (χ4n) is 2.51. The zero-order valence-corrected chi connectivity index (χ0v) is 9.25. The van der Waals surface area contributed by atoms with E-state index in [0.29, 0.717) is 5.41 Å². The van der Waals surface area contributed by atoms with Crippen molar-refractivity contribution in [3.05, 3.63) is 59.5 Å². The molecule has 0 fully saturated rings. The first kappa shape index (κ1) is 8.96. The number of hydrogen-bond acceptors (Lipinski definition) is 0. The van der Waals surface area contributed by atoms with Gasteiger partial charge in [0.15, 0.2) is 0 Å². The van der Waals surface area contributed by atoms with Gasteiger partial charge < -0.3 is 0 Å². The van der Waals surface area contributed by atoms with E-state index in [0.717, 1.165) is 6.42 Å². The lowest BCUT2D eigenvalue weighted by molar-refractivity contribution is 0.475. The average Bonchev–Trinajstić information content (AvgIpc) is 2.52. The summed E-state index contributed by atoms with van der Waals surface area (Å²) in [5, 5.41) is 0. The molecule has 75 valence electrons. The average molecular weight is 195 g/mol. The number of allylic oxidation sites excluding steroid dienone is 4. The number of fused-ring (bicyclic) bond motifs is 2. The van der Waals surface area contributed by atoms with Crippen molar-refractivity contribution in [3.8, 4) is 0 Å². The predicted octanol–water partition coefficient (Wildman–Crippen LogP) is 3.99. The Morgan fingerprint density at radius 2 is 1.93 bits per heavy atom. The lowest BCUT2D eigenvalue weighted by Gasteiger charge is -2.25. The van der Waals surface area contributed by atoms with Crippen LogP contribution in [0.5, 0.6) is 0 Å². The molecule has 1 radical (unpaired) electrons. The Labute approximate surface area is 91.3 Å². The van der Waals surface area contributed by atoms with Crippen molar-refractivity contribution in [2.24, 2.45) is 5.41 Å². The van der Waals surface area contributed by atoms with Gasteiger partial charge >= 0.3 is 0 Å². The van der Waals surface area contributed by atoms with E-state index in [2.05, 4.69) is 56.7 Å². The van der Waals surface area contributed by atoms with Gasteiger partial charge in [0.2, 0.25) is 0 Å². The molecular formula is C15H15. The summed E-state index contributed by atoms with van der Waals surface area (Å²) in [6, 6.07) is 8.66. The molecule has 2 aliphatic rings. The van der Waals surface area contributed by atoms with Gasteiger partial charge in [0.25, 0.3) is 0 Å². The van der Waals surface area contributed by atoms with E-state index in [1.165, 1.54) is 22.3 Å². The Morgan fingerprint density at radius 1 is 1.13 bits per heavy atom. The van der Waals surface area contributed by atoms with Crippen LogP contribution in [0.1, 0.15) is 31.4 Å². The summed E-state index contributed by atoms with van der Waals surface area (Å²) in [6.45, 7) is 4.59. The molecule has 0 spiro atoms. The molecule has 0 aliphatic heterocycles.